The van der Waals surface area contributed by atoms with Crippen LogP contribution >= 0.6 is 0 Å². The molecule has 0 aromatic carbocycles. The quantitative estimate of drug-likeness (QED) is 0.622. The van der Waals surface area contributed by atoms with Crippen LogP contribution in [0.4, 0.5) is 0 Å². The number of fused-ring (bicyclic) bond motifs is 1. The van der Waals surface area contributed by atoms with Gasteiger partial charge in [-0.25, -0.2) is 4.52 Å². The second kappa shape index (κ2) is 7.13. The third-order valence-corrected chi connectivity index (χ3v) is 1.62. The fraction of sp³-hybridized carbons (Fsp3) is 0.417. The summed E-state index contributed by atoms with van der Waals surface area (Å²) in [5.74, 6) is 0. The predicted molar refractivity (Wildman–Crippen MR) is 62.6 cm³/mol. The Hall–Kier alpha value is -1.31. The largest absolute Gasteiger partial charge is 0.241 e. The summed E-state index contributed by atoms with van der Waals surface area (Å²) < 4.78 is 1.87. The van der Waals surface area contributed by atoms with Gasteiger partial charge in [-0.3, -0.25) is 0 Å². The van der Waals surface area contributed by atoms with Crippen molar-refractivity contribution < 1.29 is 0 Å². The molecule has 14 heavy (non-hydrogen) atoms. The van der Waals surface area contributed by atoms with E-state index in [0.29, 0.717) is 0 Å². The van der Waals surface area contributed by atoms with Crippen LogP contribution in [0, 0.1) is 6.92 Å². The van der Waals surface area contributed by atoms with Crippen LogP contribution in [0.25, 0.3) is 5.52 Å². The first-order chi connectivity index (χ1) is 6.88. The lowest BCUT2D eigenvalue weighted by atomic mass is 10.3. The van der Waals surface area contributed by atoms with Gasteiger partial charge < -0.3 is 0 Å². The number of aryl methyl sites for hydroxylation is 1. The van der Waals surface area contributed by atoms with Gasteiger partial charge in [0.25, 0.3) is 0 Å². The summed E-state index contributed by atoms with van der Waals surface area (Å²) in [4.78, 5) is 0. The molecule has 0 radical (unpaired) electrons. The van der Waals surface area contributed by atoms with Crippen molar-refractivity contribution in [2.75, 3.05) is 0 Å². The summed E-state index contributed by atoms with van der Waals surface area (Å²) in [6.45, 7) is 10.1. The molecule has 0 unspecified atom stereocenters. The molecule has 0 amide bonds. The van der Waals surface area contributed by atoms with Gasteiger partial charge >= 0.3 is 0 Å². The molecule has 0 aliphatic carbocycles. The van der Waals surface area contributed by atoms with Crippen LogP contribution in [-0.2, 0) is 0 Å². The number of hydrogen-bond acceptors (Lipinski definition) is 1. The molecule has 2 rings (SSSR count). The standard InChI is InChI=1S/C8H8N2.2C2H6/c1-7-6-9-10-5-3-2-4-8(7)10;2*1-2/h2-6H,1H3;2*1-2H3. The summed E-state index contributed by atoms with van der Waals surface area (Å²) in [5, 5.41) is 4.13. The Balaban J connectivity index is 0.000000379. The second-order valence-electron chi connectivity index (χ2n) is 2.36. The first kappa shape index (κ1) is 12.7. The van der Waals surface area contributed by atoms with Crippen LogP contribution in [0.1, 0.15) is 33.3 Å². The number of rotatable bonds is 0. The van der Waals surface area contributed by atoms with E-state index in [4.69, 9.17) is 0 Å². The molecule has 2 aromatic rings. The van der Waals surface area contributed by atoms with Crippen molar-refractivity contribution in [1.82, 2.24) is 9.61 Å². The van der Waals surface area contributed by atoms with Gasteiger partial charge in [0.15, 0.2) is 0 Å². The molecular formula is C12H20N2. The molecule has 0 aliphatic rings. The Morgan fingerprint density at radius 3 is 2.29 bits per heavy atom. The lowest BCUT2D eigenvalue weighted by Crippen LogP contribution is -1.82. The van der Waals surface area contributed by atoms with Crippen LogP contribution in [0.5, 0.6) is 0 Å². The van der Waals surface area contributed by atoms with Gasteiger partial charge in [0, 0.05) is 6.20 Å². The van der Waals surface area contributed by atoms with Gasteiger partial charge in [0.1, 0.15) is 0 Å². The zero-order chi connectivity index (χ0) is 11.0. The van der Waals surface area contributed by atoms with E-state index in [2.05, 4.69) is 18.1 Å². The maximum Gasteiger partial charge on any atom is 0.0690 e. The smallest absolute Gasteiger partial charge is 0.0690 e. The van der Waals surface area contributed by atoms with Gasteiger partial charge in [0.05, 0.1) is 11.7 Å². The monoisotopic (exact) mass is 192 g/mol. The number of nitrogens with zero attached hydrogens (tertiary/aromatic N) is 2. The van der Waals surface area contributed by atoms with Crippen molar-refractivity contribution in [3.63, 3.8) is 0 Å². The van der Waals surface area contributed by atoms with Crippen LogP contribution in [-0.4, -0.2) is 9.61 Å². The minimum Gasteiger partial charge on any atom is -0.241 e. The molecule has 0 bridgehead atoms. The summed E-state index contributed by atoms with van der Waals surface area (Å²) in [5.41, 5.74) is 2.41. The molecule has 2 nitrogen and oxygen atoms in total. The van der Waals surface area contributed by atoms with E-state index in [1.807, 2.05) is 56.7 Å². The van der Waals surface area contributed by atoms with Crippen LogP contribution in [0.15, 0.2) is 30.6 Å². The number of hydrogen-bond donors (Lipinski definition) is 0. The van der Waals surface area contributed by atoms with E-state index in [-0.39, 0.29) is 0 Å². The molecule has 0 N–H and O–H groups in total. The molecule has 0 spiro atoms. The zero-order valence-corrected chi connectivity index (χ0v) is 9.78. The summed E-state index contributed by atoms with van der Waals surface area (Å²) >= 11 is 0. The van der Waals surface area contributed by atoms with Crippen molar-refractivity contribution >= 4 is 5.52 Å². The summed E-state index contributed by atoms with van der Waals surface area (Å²) in [6.07, 6.45) is 3.82. The summed E-state index contributed by atoms with van der Waals surface area (Å²) in [6, 6.07) is 6.05. The van der Waals surface area contributed by atoms with Crippen molar-refractivity contribution in [2.24, 2.45) is 0 Å². The highest BCUT2D eigenvalue weighted by atomic mass is 15.2. The highest BCUT2D eigenvalue weighted by Crippen LogP contribution is 2.06. The Labute approximate surface area is 86.6 Å². The SMILES string of the molecule is CC.CC.Cc1cnn2ccccc12. The molecule has 0 saturated carbocycles. The molecular weight excluding hydrogens is 172 g/mol. The highest BCUT2D eigenvalue weighted by Gasteiger charge is 1.94. The first-order valence-electron chi connectivity index (χ1n) is 5.27. The van der Waals surface area contributed by atoms with E-state index in [0.717, 1.165) is 0 Å². The van der Waals surface area contributed by atoms with E-state index in [1.54, 1.807) is 0 Å². The van der Waals surface area contributed by atoms with Crippen molar-refractivity contribution in [2.45, 2.75) is 34.6 Å². The Morgan fingerprint density at radius 1 is 1.07 bits per heavy atom. The van der Waals surface area contributed by atoms with E-state index >= 15 is 0 Å². The molecule has 2 heteroatoms. The Kier molecular flexibility index (Phi) is 6.46. The summed E-state index contributed by atoms with van der Waals surface area (Å²) in [7, 11) is 0. The zero-order valence-electron chi connectivity index (χ0n) is 9.78. The van der Waals surface area contributed by atoms with Crippen LogP contribution in [0.2, 0.25) is 0 Å². The van der Waals surface area contributed by atoms with Crippen molar-refractivity contribution in [3.8, 4) is 0 Å². The fourth-order valence-corrected chi connectivity index (χ4v) is 1.06. The van der Waals surface area contributed by atoms with Crippen molar-refractivity contribution in [1.29, 1.82) is 0 Å². The van der Waals surface area contributed by atoms with E-state index in [1.165, 1.54) is 11.1 Å². The highest BCUT2D eigenvalue weighted by molar-refractivity contribution is 5.52. The molecule has 78 valence electrons. The van der Waals surface area contributed by atoms with Crippen LogP contribution in [0.3, 0.4) is 0 Å². The first-order valence-corrected chi connectivity index (χ1v) is 5.27. The second-order valence-corrected chi connectivity index (χ2v) is 2.36. The minimum absolute atomic E-state index is 1.18. The third kappa shape index (κ3) is 2.87. The topological polar surface area (TPSA) is 17.3 Å². The van der Waals surface area contributed by atoms with Gasteiger partial charge in [-0.05, 0) is 24.6 Å². The molecule has 0 aliphatic heterocycles. The predicted octanol–water partition coefficient (Wildman–Crippen LogP) is 3.70. The van der Waals surface area contributed by atoms with Crippen LogP contribution < -0.4 is 0 Å². The average molecular weight is 192 g/mol. The maximum atomic E-state index is 4.13. The van der Waals surface area contributed by atoms with E-state index in [9.17, 15) is 0 Å². The molecule has 0 fully saturated rings. The molecule has 2 heterocycles. The Morgan fingerprint density at radius 2 is 1.71 bits per heavy atom. The molecule has 0 atom stereocenters. The van der Waals surface area contributed by atoms with Gasteiger partial charge in [0.2, 0.25) is 0 Å². The third-order valence-electron chi connectivity index (χ3n) is 1.62. The van der Waals surface area contributed by atoms with Gasteiger partial charge in [-0.2, -0.15) is 5.10 Å². The van der Waals surface area contributed by atoms with Gasteiger partial charge in [-0.1, -0.05) is 33.8 Å². The average Bonchev–Trinajstić information content (AvgIpc) is 2.67. The Bertz CT molecular complexity index is 350. The minimum atomic E-state index is 1.18. The van der Waals surface area contributed by atoms with Crippen molar-refractivity contribution in [3.05, 3.63) is 36.2 Å². The number of aromatic nitrogens is 2. The molecule has 0 saturated heterocycles. The van der Waals surface area contributed by atoms with E-state index < -0.39 is 0 Å². The number of pyridine rings is 1. The fourth-order valence-electron chi connectivity index (χ4n) is 1.06. The lowest BCUT2D eigenvalue weighted by Gasteiger charge is -1.89. The maximum absolute atomic E-state index is 4.13. The lowest BCUT2D eigenvalue weighted by molar-refractivity contribution is 0.961. The van der Waals surface area contributed by atoms with Gasteiger partial charge in [-0.15, -0.1) is 0 Å². The normalized spacial score (nSPS) is 8.36. The molecule has 2 aromatic heterocycles.